The first-order chi connectivity index (χ1) is 5.24. The van der Waals surface area contributed by atoms with Gasteiger partial charge in [0, 0.05) is 5.88 Å². The minimum Gasteiger partial charge on any atom is -0.375 e. The van der Waals surface area contributed by atoms with E-state index in [9.17, 15) is 0 Å². The lowest BCUT2D eigenvalue weighted by Gasteiger charge is -1.83. The Morgan fingerprint density at radius 2 is 2.45 bits per heavy atom. The standard InChI is InChI=1S/C7H9ClN2S/c1-5-6(3-2-4-8)11-7(9)10-5/h2-3H,4H2,1H3,(H2,9,10). The molecule has 0 radical (unpaired) electrons. The molecule has 0 aliphatic heterocycles. The number of aromatic nitrogens is 1. The van der Waals surface area contributed by atoms with E-state index in [1.54, 1.807) is 0 Å². The molecule has 0 aliphatic carbocycles. The summed E-state index contributed by atoms with van der Waals surface area (Å²) in [5.74, 6) is 0.525. The number of alkyl halides is 1. The summed E-state index contributed by atoms with van der Waals surface area (Å²) in [5, 5.41) is 0.608. The molecule has 2 nitrogen and oxygen atoms in total. The van der Waals surface area contributed by atoms with Crippen molar-refractivity contribution < 1.29 is 0 Å². The van der Waals surface area contributed by atoms with Crippen LogP contribution in [0, 0.1) is 6.92 Å². The predicted molar refractivity (Wildman–Crippen MR) is 51.0 cm³/mol. The van der Waals surface area contributed by atoms with Crippen LogP contribution in [0.1, 0.15) is 10.6 Å². The second-order valence-corrected chi connectivity index (χ2v) is 3.43. The fraction of sp³-hybridized carbons (Fsp3) is 0.286. The average molecular weight is 189 g/mol. The number of hydrogen-bond donors (Lipinski definition) is 1. The molecule has 1 aromatic rings. The lowest BCUT2D eigenvalue weighted by molar-refractivity contribution is 1.26. The first kappa shape index (κ1) is 8.56. The Balaban J connectivity index is 2.85. The van der Waals surface area contributed by atoms with Gasteiger partial charge in [0.2, 0.25) is 0 Å². The van der Waals surface area contributed by atoms with Gasteiger partial charge in [-0.1, -0.05) is 17.4 Å². The normalized spacial score (nSPS) is 11.1. The zero-order valence-electron chi connectivity index (χ0n) is 6.17. The van der Waals surface area contributed by atoms with E-state index in [2.05, 4.69) is 4.98 Å². The second-order valence-electron chi connectivity index (χ2n) is 2.06. The molecule has 4 heteroatoms. The van der Waals surface area contributed by atoms with Crippen molar-refractivity contribution >= 4 is 34.1 Å². The van der Waals surface area contributed by atoms with E-state index in [0.29, 0.717) is 11.0 Å². The van der Waals surface area contributed by atoms with Crippen LogP contribution in [0.4, 0.5) is 5.13 Å². The van der Waals surface area contributed by atoms with Gasteiger partial charge >= 0.3 is 0 Å². The third-order valence-electron chi connectivity index (χ3n) is 1.21. The maximum atomic E-state index is 5.49. The highest BCUT2D eigenvalue weighted by Gasteiger charge is 1.99. The van der Waals surface area contributed by atoms with E-state index in [1.165, 1.54) is 11.3 Å². The van der Waals surface area contributed by atoms with Gasteiger partial charge in [-0.2, -0.15) is 0 Å². The van der Waals surface area contributed by atoms with Crippen LogP contribution < -0.4 is 5.73 Å². The SMILES string of the molecule is Cc1nc(N)sc1C=CCCl. The summed E-state index contributed by atoms with van der Waals surface area (Å²) < 4.78 is 0. The number of hydrogen-bond acceptors (Lipinski definition) is 3. The average Bonchev–Trinajstić information content (AvgIpc) is 2.26. The molecule has 1 aromatic heterocycles. The minimum atomic E-state index is 0.525. The number of nitrogens with zero attached hydrogens (tertiary/aromatic N) is 1. The van der Waals surface area contributed by atoms with Crippen molar-refractivity contribution in [1.29, 1.82) is 0 Å². The van der Waals surface area contributed by atoms with Crippen molar-refractivity contribution in [2.24, 2.45) is 0 Å². The molecule has 0 amide bonds. The fourth-order valence-corrected chi connectivity index (χ4v) is 1.59. The number of aryl methyl sites for hydroxylation is 1. The van der Waals surface area contributed by atoms with Gasteiger partial charge in [-0.15, -0.1) is 11.6 Å². The van der Waals surface area contributed by atoms with Crippen LogP contribution in [0.3, 0.4) is 0 Å². The smallest absolute Gasteiger partial charge is 0.180 e. The number of halogens is 1. The maximum absolute atomic E-state index is 5.49. The van der Waals surface area contributed by atoms with Crippen molar-refractivity contribution in [3.63, 3.8) is 0 Å². The molecular formula is C7H9ClN2S. The Labute approximate surface area is 74.7 Å². The van der Waals surface area contributed by atoms with Crippen molar-refractivity contribution in [2.45, 2.75) is 6.92 Å². The van der Waals surface area contributed by atoms with E-state index < -0.39 is 0 Å². The zero-order chi connectivity index (χ0) is 8.27. The molecule has 11 heavy (non-hydrogen) atoms. The van der Waals surface area contributed by atoms with Gasteiger partial charge in [-0.05, 0) is 13.0 Å². The molecule has 0 aromatic carbocycles. The van der Waals surface area contributed by atoms with Gasteiger partial charge in [0.1, 0.15) is 0 Å². The lowest BCUT2D eigenvalue weighted by atomic mass is 10.4. The van der Waals surface area contributed by atoms with Crippen molar-refractivity contribution in [2.75, 3.05) is 11.6 Å². The number of allylic oxidation sites excluding steroid dienone is 1. The molecule has 0 aliphatic rings. The fourth-order valence-electron chi connectivity index (χ4n) is 0.736. The quantitative estimate of drug-likeness (QED) is 0.724. The minimum absolute atomic E-state index is 0.525. The third kappa shape index (κ3) is 2.20. The molecule has 1 rings (SSSR count). The second kappa shape index (κ2) is 3.74. The van der Waals surface area contributed by atoms with E-state index in [-0.39, 0.29) is 0 Å². The van der Waals surface area contributed by atoms with Gasteiger partial charge in [0.15, 0.2) is 5.13 Å². The molecule has 60 valence electrons. The number of thiazole rings is 1. The Bertz CT molecular complexity index is 267. The van der Waals surface area contributed by atoms with Gasteiger partial charge in [0.25, 0.3) is 0 Å². The summed E-state index contributed by atoms with van der Waals surface area (Å²) in [4.78, 5) is 5.15. The summed E-state index contributed by atoms with van der Waals surface area (Å²) in [6.45, 7) is 1.93. The largest absolute Gasteiger partial charge is 0.375 e. The van der Waals surface area contributed by atoms with Crippen LogP contribution in [-0.4, -0.2) is 10.9 Å². The summed E-state index contributed by atoms with van der Waals surface area (Å²) in [7, 11) is 0. The van der Waals surface area contributed by atoms with E-state index in [4.69, 9.17) is 17.3 Å². The van der Waals surface area contributed by atoms with Gasteiger partial charge < -0.3 is 5.73 Å². The topological polar surface area (TPSA) is 38.9 Å². The first-order valence-corrected chi connectivity index (χ1v) is 4.54. The monoisotopic (exact) mass is 188 g/mol. The van der Waals surface area contributed by atoms with Crippen LogP contribution in [0.5, 0.6) is 0 Å². The van der Waals surface area contributed by atoms with E-state index >= 15 is 0 Å². The summed E-state index contributed by atoms with van der Waals surface area (Å²) >= 11 is 6.95. The molecular weight excluding hydrogens is 180 g/mol. The molecule has 0 spiro atoms. The lowest BCUT2D eigenvalue weighted by Crippen LogP contribution is -1.80. The Morgan fingerprint density at radius 1 is 1.73 bits per heavy atom. The Morgan fingerprint density at radius 3 is 2.91 bits per heavy atom. The number of nitrogen functional groups attached to an aromatic ring is 1. The first-order valence-electron chi connectivity index (χ1n) is 3.19. The maximum Gasteiger partial charge on any atom is 0.180 e. The number of anilines is 1. The Kier molecular flexibility index (Phi) is 2.91. The van der Waals surface area contributed by atoms with Gasteiger partial charge in [-0.3, -0.25) is 0 Å². The highest BCUT2D eigenvalue weighted by molar-refractivity contribution is 7.16. The number of nitrogens with two attached hydrogens (primary N) is 1. The molecule has 0 saturated heterocycles. The van der Waals surface area contributed by atoms with Crippen LogP contribution in [0.15, 0.2) is 6.08 Å². The van der Waals surface area contributed by atoms with E-state index in [1.807, 2.05) is 19.1 Å². The molecule has 0 fully saturated rings. The van der Waals surface area contributed by atoms with Crippen molar-refractivity contribution in [1.82, 2.24) is 4.98 Å². The van der Waals surface area contributed by atoms with Crippen molar-refractivity contribution in [3.05, 3.63) is 16.6 Å². The Hall–Kier alpha value is -0.540. The predicted octanol–water partition coefficient (Wildman–Crippen LogP) is 2.29. The summed E-state index contributed by atoms with van der Waals surface area (Å²) in [6.07, 6.45) is 3.82. The molecule has 1 heterocycles. The van der Waals surface area contributed by atoms with Crippen LogP contribution in [-0.2, 0) is 0 Å². The molecule has 0 bridgehead atoms. The summed E-state index contributed by atoms with van der Waals surface area (Å²) in [5.41, 5.74) is 6.46. The van der Waals surface area contributed by atoms with Crippen LogP contribution in [0.2, 0.25) is 0 Å². The highest BCUT2D eigenvalue weighted by Crippen LogP contribution is 2.20. The van der Waals surface area contributed by atoms with Crippen LogP contribution in [0.25, 0.3) is 6.08 Å². The molecule has 0 unspecified atom stereocenters. The van der Waals surface area contributed by atoms with E-state index in [0.717, 1.165) is 10.6 Å². The van der Waals surface area contributed by atoms with Crippen LogP contribution >= 0.6 is 22.9 Å². The van der Waals surface area contributed by atoms with Gasteiger partial charge in [-0.25, -0.2) is 4.98 Å². The highest BCUT2D eigenvalue weighted by atomic mass is 35.5. The number of rotatable bonds is 2. The summed E-state index contributed by atoms with van der Waals surface area (Å²) in [6, 6.07) is 0. The van der Waals surface area contributed by atoms with Gasteiger partial charge in [0.05, 0.1) is 10.6 Å². The molecule has 0 saturated carbocycles. The zero-order valence-corrected chi connectivity index (χ0v) is 7.75. The molecule has 0 atom stereocenters. The third-order valence-corrected chi connectivity index (χ3v) is 2.34. The van der Waals surface area contributed by atoms with Crippen molar-refractivity contribution in [3.8, 4) is 0 Å². The molecule has 2 N–H and O–H groups in total.